The third kappa shape index (κ3) is 5.24. The molecule has 0 amide bonds. The molecule has 2 rings (SSSR count). The van der Waals surface area contributed by atoms with E-state index in [1.807, 2.05) is 30.3 Å². The van der Waals surface area contributed by atoms with Crippen molar-refractivity contribution in [2.24, 2.45) is 5.73 Å². The van der Waals surface area contributed by atoms with Crippen molar-refractivity contribution in [3.63, 3.8) is 0 Å². The maximum absolute atomic E-state index is 5.75. The number of benzene rings is 2. The van der Waals surface area contributed by atoms with Gasteiger partial charge in [-0.15, -0.1) is 10.5 Å². The summed E-state index contributed by atoms with van der Waals surface area (Å²) < 4.78 is 5.75. The van der Waals surface area contributed by atoms with Crippen LogP contribution >= 0.6 is 12.2 Å². The van der Waals surface area contributed by atoms with E-state index in [0.717, 1.165) is 16.9 Å². The fourth-order valence-electron chi connectivity index (χ4n) is 1.82. The molecule has 0 fully saturated rings. The van der Waals surface area contributed by atoms with E-state index < -0.39 is 0 Å². The lowest BCUT2D eigenvalue weighted by Crippen LogP contribution is -2.82. The standard InChI is InChI=1S/C16H17N3OS/c1-12-3-2-4-14(9-12)11-20-15-7-5-13(6-8-15)10-18-19-16(17)21/h2-10H,11H2,1H3,(H3,17,19,21)/p+1. The van der Waals surface area contributed by atoms with E-state index in [4.69, 9.17) is 10.5 Å². The summed E-state index contributed by atoms with van der Waals surface area (Å²) in [6.45, 7) is 2.63. The molecule has 0 unspecified atom stereocenters. The quantitative estimate of drug-likeness (QED) is 0.435. The van der Waals surface area contributed by atoms with Crippen LogP contribution in [0.1, 0.15) is 16.7 Å². The first-order valence-corrected chi connectivity index (χ1v) is 6.97. The van der Waals surface area contributed by atoms with Crippen LogP contribution < -0.4 is 21.0 Å². The Balaban J connectivity index is 1.90. The zero-order valence-corrected chi connectivity index (χ0v) is 12.6. The second kappa shape index (κ2) is 7.40. The molecular formula is C16H18N3OS+. The van der Waals surface area contributed by atoms with E-state index in [2.05, 4.69) is 47.9 Å². The molecule has 0 radical (unpaired) electrons. The van der Waals surface area contributed by atoms with Crippen molar-refractivity contribution in [3.8, 4) is 5.75 Å². The maximum Gasteiger partial charge on any atom is 0.221 e. The van der Waals surface area contributed by atoms with E-state index in [0.29, 0.717) is 6.61 Å². The minimum absolute atomic E-state index is 0.198. The van der Waals surface area contributed by atoms with Crippen LogP contribution in [0, 0.1) is 6.92 Å². The molecule has 2 aromatic carbocycles. The molecule has 0 aromatic heterocycles. The van der Waals surface area contributed by atoms with Crippen molar-refractivity contribution in [1.82, 2.24) is 5.43 Å². The van der Waals surface area contributed by atoms with Gasteiger partial charge in [0.2, 0.25) is 5.11 Å². The summed E-state index contributed by atoms with van der Waals surface area (Å²) in [7, 11) is 0. The lowest BCUT2D eigenvalue weighted by molar-refractivity contribution is -0.499. The molecule has 0 heterocycles. The average Bonchev–Trinajstić information content (AvgIpc) is 2.46. The maximum atomic E-state index is 5.75. The Bertz CT molecular complexity index is 638. The molecular weight excluding hydrogens is 282 g/mol. The van der Waals surface area contributed by atoms with Crippen molar-refractivity contribution in [3.05, 3.63) is 65.2 Å². The van der Waals surface area contributed by atoms with Gasteiger partial charge in [-0.05, 0) is 49.0 Å². The first-order chi connectivity index (χ1) is 10.1. The van der Waals surface area contributed by atoms with Crippen LogP contribution in [0.15, 0.2) is 48.5 Å². The molecule has 0 bridgehead atoms. The van der Waals surface area contributed by atoms with Crippen LogP contribution in [0.2, 0.25) is 0 Å². The fourth-order valence-corrected chi connectivity index (χ4v) is 1.88. The summed E-state index contributed by atoms with van der Waals surface area (Å²) in [6, 6.07) is 16.0. The largest absolute Gasteiger partial charge is 0.489 e. The molecule has 0 saturated heterocycles. The zero-order chi connectivity index (χ0) is 15.1. The van der Waals surface area contributed by atoms with Crippen LogP contribution in [-0.4, -0.2) is 11.3 Å². The summed E-state index contributed by atoms with van der Waals surface area (Å²) in [5.74, 6) is 0.830. The summed E-state index contributed by atoms with van der Waals surface area (Å²) in [4.78, 5) is 0. The van der Waals surface area contributed by atoms with Gasteiger partial charge in [-0.2, -0.15) is 0 Å². The average molecular weight is 300 g/mol. The van der Waals surface area contributed by atoms with Gasteiger partial charge in [0.25, 0.3) is 0 Å². The van der Waals surface area contributed by atoms with Crippen LogP contribution in [-0.2, 0) is 6.61 Å². The number of hydrazine groups is 1. The zero-order valence-electron chi connectivity index (χ0n) is 11.8. The number of thiocarbonyl (C=S) groups is 1. The van der Waals surface area contributed by atoms with Crippen molar-refractivity contribution in [2.75, 3.05) is 0 Å². The smallest absolute Gasteiger partial charge is 0.221 e. The Kier molecular flexibility index (Phi) is 5.29. The Morgan fingerprint density at radius 3 is 2.71 bits per heavy atom. The summed E-state index contributed by atoms with van der Waals surface area (Å²) in [5, 5.41) is 3.00. The highest BCUT2D eigenvalue weighted by Crippen LogP contribution is 2.13. The van der Waals surface area contributed by atoms with Gasteiger partial charge in [0, 0.05) is 5.56 Å². The van der Waals surface area contributed by atoms with Gasteiger partial charge in [0.1, 0.15) is 12.4 Å². The number of hydrazone groups is 1. The Morgan fingerprint density at radius 1 is 1.29 bits per heavy atom. The second-order valence-electron chi connectivity index (χ2n) is 4.62. The topological polar surface area (TPSA) is 61.2 Å². The second-order valence-corrected chi connectivity index (χ2v) is 5.06. The number of rotatable bonds is 5. The van der Waals surface area contributed by atoms with Crippen LogP contribution in [0.5, 0.6) is 5.75 Å². The molecule has 4 nitrogen and oxygen atoms in total. The van der Waals surface area contributed by atoms with E-state index >= 15 is 0 Å². The highest BCUT2D eigenvalue weighted by Gasteiger charge is 1.98. The van der Waals surface area contributed by atoms with Crippen LogP contribution in [0.25, 0.3) is 0 Å². The number of nitrogens with two attached hydrogens (primary N) is 1. The third-order valence-electron chi connectivity index (χ3n) is 2.80. The fraction of sp³-hybridized carbons (Fsp3) is 0.125. The molecule has 0 aliphatic heterocycles. The SMILES string of the molecule is Cc1cccc(COc2ccc(C=[NH+]NC(N)=S)cc2)c1. The van der Waals surface area contributed by atoms with Gasteiger partial charge in [-0.3, -0.25) is 0 Å². The van der Waals surface area contributed by atoms with Gasteiger partial charge in [0.15, 0.2) is 6.21 Å². The van der Waals surface area contributed by atoms with E-state index in [1.54, 1.807) is 6.21 Å². The summed E-state index contributed by atoms with van der Waals surface area (Å²) >= 11 is 4.69. The van der Waals surface area contributed by atoms with Crippen LogP contribution in [0.4, 0.5) is 0 Å². The van der Waals surface area contributed by atoms with Crippen molar-refractivity contribution < 1.29 is 9.84 Å². The Morgan fingerprint density at radius 2 is 2.05 bits per heavy atom. The van der Waals surface area contributed by atoms with E-state index in [1.165, 1.54) is 5.56 Å². The van der Waals surface area contributed by atoms with Crippen molar-refractivity contribution >= 4 is 23.5 Å². The monoisotopic (exact) mass is 300 g/mol. The predicted molar refractivity (Wildman–Crippen MR) is 88.0 cm³/mol. The molecule has 0 atom stereocenters. The first-order valence-electron chi connectivity index (χ1n) is 6.56. The number of aryl methyl sites for hydroxylation is 1. The molecule has 5 heteroatoms. The normalized spacial score (nSPS) is 10.5. The summed E-state index contributed by atoms with van der Waals surface area (Å²) in [6.07, 6.45) is 1.77. The molecule has 0 aliphatic rings. The highest BCUT2D eigenvalue weighted by molar-refractivity contribution is 7.80. The number of ether oxygens (including phenoxy) is 1. The molecule has 0 saturated carbocycles. The van der Waals surface area contributed by atoms with E-state index in [9.17, 15) is 0 Å². The van der Waals surface area contributed by atoms with Gasteiger partial charge < -0.3 is 10.5 Å². The Labute approximate surface area is 129 Å². The molecule has 108 valence electrons. The molecule has 0 aliphatic carbocycles. The number of hydrogen-bond donors (Lipinski definition) is 3. The van der Waals surface area contributed by atoms with Crippen LogP contribution in [0.3, 0.4) is 0 Å². The minimum atomic E-state index is 0.198. The molecule has 4 N–H and O–H groups in total. The molecule has 0 spiro atoms. The first kappa shape index (κ1) is 15.0. The lowest BCUT2D eigenvalue weighted by atomic mass is 10.1. The van der Waals surface area contributed by atoms with Gasteiger partial charge in [0.05, 0.1) is 0 Å². The predicted octanol–water partition coefficient (Wildman–Crippen LogP) is 0.822. The lowest BCUT2D eigenvalue weighted by Gasteiger charge is -2.06. The van der Waals surface area contributed by atoms with Gasteiger partial charge in [-0.25, -0.2) is 0 Å². The highest BCUT2D eigenvalue weighted by atomic mass is 32.1. The Hall–Kier alpha value is -2.40. The molecule has 2 aromatic rings. The van der Waals surface area contributed by atoms with Gasteiger partial charge in [-0.1, -0.05) is 29.8 Å². The summed E-state index contributed by atoms with van der Waals surface area (Å²) in [5.41, 5.74) is 11.3. The van der Waals surface area contributed by atoms with Crippen molar-refractivity contribution in [1.29, 1.82) is 0 Å². The minimum Gasteiger partial charge on any atom is -0.489 e. The number of nitrogens with one attached hydrogen (secondary N) is 2. The van der Waals surface area contributed by atoms with E-state index in [-0.39, 0.29) is 5.11 Å². The molecule has 21 heavy (non-hydrogen) atoms. The van der Waals surface area contributed by atoms with Crippen molar-refractivity contribution in [2.45, 2.75) is 13.5 Å². The number of hydrogen-bond acceptors (Lipinski definition) is 2. The third-order valence-corrected chi connectivity index (χ3v) is 2.90. The van der Waals surface area contributed by atoms with Gasteiger partial charge >= 0.3 is 0 Å².